The molecule has 0 bridgehead atoms. The number of aromatic hydroxyl groups is 1. The zero-order valence-electron chi connectivity index (χ0n) is 11.2. The third-order valence-corrected chi connectivity index (χ3v) is 4.19. The van der Waals surface area contributed by atoms with Crippen LogP contribution in [-0.2, 0) is 4.79 Å². The molecular weight excluding hydrogens is 322 g/mol. The third-order valence-electron chi connectivity index (χ3n) is 3.07. The van der Waals surface area contributed by atoms with E-state index in [1.54, 1.807) is 42.5 Å². The van der Waals surface area contributed by atoms with Gasteiger partial charge in [-0.2, -0.15) is 0 Å². The lowest BCUT2D eigenvalue weighted by Gasteiger charge is -2.12. The van der Waals surface area contributed by atoms with Gasteiger partial charge in [-0.15, -0.1) is 0 Å². The highest BCUT2D eigenvalue weighted by atomic mass is 35.5. The van der Waals surface area contributed by atoms with Gasteiger partial charge in [-0.05, 0) is 59.8 Å². The number of benzene rings is 2. The van der Waals surface area contributed by atoms with Crippen molar-refractivity contribution >= 4 is 46.3 Å². The second kappa shape index (κ2) is 5.87. The van der Waals surface area contributed by atoms with Crippen molar-refractivity contribution in [2.24, 2.45) is 0 Å². The van der Waals surface area contributed by atoms with Crippen LogP contribution < -0.4 is 4.90 Å². The summed E-state index contributed by atoms with van der Waals surface area (Å²) < 4.78 is 0. The first-order valence-electron chi connectivity index (χ1n) is 6.37. The molecule has 2 aromatic carbocycles. The van der Waals surface area contributed by atoms with Gasteiger partial charge in [0.2, 0.25) is 0 Å². The number of phenolic OH excluding ortho intramolecular Hbond substituents is 1. The van der Waals surface area contributed by atoms with E-state index in [-0.39, 0.29) is 16.9 Å². The van der Waals surface area contributed by atoms with Gasteiger partial charge in [-0.25, -0.2) is 4.90 Å². The lowest BCUT2D eigenvalue weighted by atomic mass is 10.2. The highest BCUT2D eigenvalue weighted by molar-refractivity contribution is 8.19. The van der Waals surface area contributed by atoms with Crippen molar-refractivity contribution in [2.45, 2.75) is 0 Å². The number of amides is 2. The van der Waals surface area contributed by atoms with Gasteiger partial charge in [0.05, 0.1) is 10.6 Å². The molecule has 0 unspecified atom stereocenters. The van der Waals surface area contributed by atoms with Crippen LogP contribution in [0.3, 0.4) is 0 Å². The molecule has 3 rings (SSSR count). The van der Waals surface area contributed by atoms with E-state index in [2.05, 4.69) is 0 Å². The Morgan fingerprint density at radius 3 is 2.27 bits per heavy atom. The summed E-state index contributed by atoms with van der Waals surface area (Å²) in [6.07, 6.45) is 1.63. The molecule has 2 aromatic rings. The number of hydrogen-bond donors (Lipinski definition) is 1. The van der Waals surface area contributed by atoms with Crippen LogP contribution in [0.1, 0.15) is 5.56 Å². The number of imide groups is 1. The van der Waals surface area contributed by atoms with E-state index in [1.807, 2.05) is 0 Å². The Bertz CT molecular complexity index is 769. The number of nitrogens with zero attached hydrogens (tertiary/aromatic N) is 1. The van der Waals surface area contributed by atoms with Crippen LogP contribution >= 0.6 is 23.4 Å². The van der Waals surface area contributed by atoms with Crippen LogP contribution in [0.4, 0.5) is 10.5 Å². The van der Waals surface area contributed by atoms with Crippen molar-refractivity contribution < 1.29 is 14.7 Å². The predicted molar refractivity (Wildman–Crippen MR) is 88.0 cm³/mol. The van der Waals surface area contributed by atoms with Gasteiger partial charge >= 0.3 is 0 Å². The lowest BCUT2D eigenvalue weighted by molar-refractivity contribution is -0.113. The van der Waals surface area contributed by atoms with Gasteiger partial charge in [-0.3, -0.25) is 9.59 Å². The minimum absolute atomic E-state index is 0.145. The summed E-state index contributed by atoms with van der Waals surface area (Å²) in [5.41, 5.74) is 1.22. The summed E-state index contributed by atoms with van der Waals surface area (Å²) in [4.78, 5) is 25.9. The molecule has 2 amide bonds. The molecule has 0 aliphatic carbocycles. The monoisotopic (exact) mass is 331 g/mol. The van der Waals surface area contributed by atoms with Crippen molar-refractivity contribution in [3.8, 4) is 5.75 Å². The lowest BCUT2D eigenvalue weighted by Crippen LogP contribution is -2.27. The number of halogens is 1. The van der Waals surface area contributed by atoms with Crippen LogP contribution in [0.5, 0.6) is 5.75 Å². The van der Waals surface area contributed by atoms with Gasteiger partial charge in [-0.1, -0.05) is 23.7 Å². The van der Waals surface area contributed by atoms with Crippen LogP contribution in [0.2, 0.25) is 5.02 Å². The average molecular weight is 332 g/mol. The van der Waals surface area contributed by atoms with Gasteiger partial charge in [0.1, 0.15) is 5.75 Å². The number of hydrogen-bond acceptors (Lipinski definition) is 4. The molecule has 22 heavy (non-hydrogen) atoms. The summed E-state index contributed by atoms with van der Waals surface area (Å²) in [5.74, 6) is -0.225. The van der Waals surface area contributed by atoms with Crippen molar-refractivity contribution in [3.63, 3.8) is 0 Å². The minimum Gasteiger partial charge on any atom is -0.508 e. The standard InChI is InChI=1S/C16H10ClNO3S/c17-11-3-5-12(6-4-11)18-15(20)14(22-16(18)21)9-10-1-7-13(19)8-2-10/h1-9,19H. The minimum atomic E-state index is -0.370. The summed E-state index contributed by atoms with van der Waals surface area (Å²) in [6, 6.07) is 12.9. The number of phenols is 1. The van der Waals surface area contributed by atoms with Crippen LogP contribution in [0, 0.1) is 0 Å². The largest absolute Gasteiger partial charge is 0.508 e. The number of rotatable bonds is 2. The van der Waals surface area contributed by atoms with E-state index >= 15 is 0 Å². The summed E-state index contributed by atoms with van der Waals surface area (Å²) in [5, 5.41) is 9.45. The number of anilines is 1. The molecule has 110 valence electrons. The maximum Gasteiger partial charge on any atom is 0.298 e. The zero-order chi connectivity index (χ0) is 15.7. The van der Waals surface area contributed by atoms with Crippen LogP contribution in [-0.4, -0.2) is 16.3 Å². The summed E-state index contributed by atoms with van der Waals surface area (Å²) in [6.45, 7) is 0. The molecule has 1 aliphatic heterocycles. The van der Waals surface area contributed by atoms with E-state index < -0.39 is 0 Å². The molecule has 1 heterocycles. The predicted octanol–water partition coefficient (Wildman–Crippen LogP) is 4.29. The second-order valence-corrected chi connectivity index (χ2v) is 6.01. The fraction of sp³-hybridized carbons (Fsp3) is 0. The maximum atomic E-state index is 12.4. The number of carbonyl (C=O) groups excluding carboxylic acids is 2. The fourth-order valence-electron chi connectivity index (χ4n) is 2.00. The smallest absolute Gasteiger partial charge is 0.298 e. The quantitative estimate of drug-likeness (QED) is 0.834. The maximum absolute atomic E-state index is 12.4. The Morgan fingerprint density at radius 1 is 1.00 bits per heavy atom. The van der Waals surface area contributed by atoms with Crippen molar-refractivity contribution in [3.05, 3.63) is 64.0 Å². The number of thioether (sulfide) groups is 1. The normalized spacial score (nSPS) is 16.6. The first-order chi connectivity index (χ1) is 10.5. The zero-order valence-corrected chi connectivity index (χ0v) is 12.8. The van der Waals surface area contributed by atoms with Gasteiger partial charge in [0.25, 0.3) is 11.1 Å². The first kappa shape index (κ1) is 14.7. The van der Waals surface area contributed by atoms with Crippen molar-refractivity contribution in [1.29, 1.82) is 0 Å². The average Bonchev–Trinajstić information content (AvgIpc) is 2.77. The Hall–Kier alpha value is -2.24. The van der Waals surface area contributed by atoms with Gasteiger partial charge < -0.3 is 5.11 Å². The molecule has 0 spiro atoms. The molecule has 6 heteroatoms. The molecule has 0 saturated carbocycles. The molecule has 1 fully saturated rings. The Kier molecular flexibility index (Phi) is 3.92. The molecule has 4 nitrogen and oxygen atoms in total. The molecular formula is C16H10ClNO3S. The second-order valence-electron chi connectivity index (χ2n) is 4.59. The molecule has 1 aliphatic rings. The van der Waals surface area contributed by atoms with E-state index in [0.29, 0.717) is 15.6 Å². The van der Waals surface area contributed by atoms with E-state index in [1.165, 1.54) is 12.1 Å². The molecule has 0 aromatic heterocycles. The Labute approximate surface area is 136 Å². The molecule has 1 N–H and O–H groups in total. The van der Waals surface area contributed by atoms with Gasteiger partial charge in [0.15, 0.2) is 0 Å². The molecule has 0 atom stereocenters. The summed E-state index contributed by atoms with van der Waals surface area (Å²) in [7, 11) is 0. The van der Waals surface area contributed by atoms with E-state index in [0.717, 1.165) is 22.2 Å². The highest BCUT2D eigenvalue weighted by Gasteiger charge is 2.36. The van der Waals surface area contributed by atoms with Crippen molar-refractivity contribution in [1.82, 2.24) is 0 Å². The van der Waals surface area contributed by atoms with Crippen LogP contribution in [0.25, 0.3) is 6.08 Å². The molecule has 1 saturated heterocycles. The fourth-order valence-corrected chi connectivity index (χ4v) is 2.97. The third kappa shape index (κ3) is 2.86. The van der Waals surface area contributed by atoms with E-state index in [9.17, 15) is 14.7 Å². The highest BCUT2D eigenvalue weighted by Crippen LogP contribution is 2.36. The van der Waals surface area contributed by atoms with Gasteiger partial charge in [0, 0.05) is 5.02 Å². The number of carbonyl (C=O) groups is 2. The Balaban J connectivity index is 1.91. The SMILES string of the molecule is O=C1SC(=Cc2ccc(O)cc2)C(=O)N1c1ccc(Cl)cc1. The van der Waals surface area contributed by atoms with E-state index in [4.69, 9.17) is 11.6 Å². The Morgan fingerprint density at radius 2 is 1.64 bits per heavy atom. The first-order valence-corrected chi connectivity index (χ1v) is 7.56. The summed E-state index contributed by atoms with van der Waals surface area (Å²) >= 11 is 6.70. The van der Waals surface area contributed by atoms with Crippen molar-refractivity contribution in [2.75, 3.05) is 4.90 Å². The van der Waals surface area contributed by atoms with Crippen LogP contribution in [0.15, 0.2) is 53.4 Å². The topological polar surface area (TPSA) is 57.6 Å². The molecule has 0 radical (unpaired) electrons.